The Hall–Kier alpha value is -1.10. The molecule has 1 unspecified atom stereocenters. The number of nitrogens with two attached hydrogens (primary N) is 1. The minimum Gasteiger partial charge on any atom is -0.342 e. The minimum absolute atomic E-state index is 0.197. The monoisotopic (exact) mass is 348 g/mol. The zero-order valence-electron chi connectivity index (χ0n) is 11.3. The molecule has 1 aromatic carbocycles. The van der Waals surface area contributed by atoms with Crippen LogP contribution in [0.4, 0.5) is 0 Å². The molecule has 3 aromatic rings. The number of halogens is 1. The molecule has 3 rings (SSSR count). The number of benzene rings is 1. The Labute approximate surface area is 131 Å². The van der Waals surface area contributed by atoms with E-state index in [1.54, 1.807) is 11.3 Å². The molecule has 0 saturated carbocycles. The van der Waals surface area contributed by atoms with Crippen molar-refractivity contribution in [2.75, 3.05) is 0 Å². The number of aromatic nitrogens is 1. The van der Waals surface area contributed by atoms with Crippen LogP contribution in [0.1, 0.15) is 17.4 Å². The molecule has 2 nitrogen and oxygen atoms in total. The van der Waals surface area contributed by atoms with Gasteiger partial charge in [0.2, 0.25) is 0 Å². The molecule has 0 bridgehead atoms. The lowest BCUT2D eigenvalue weighted by atomic mass is 10.1. The van der Waals surface area contributed by atoms with Crippen LogP contribution < -0.4 is 5.73 Å². The van der Waals surface area contributed by atoms with E-state index in [4.69, 9.17) is 5.73 Å². The molecule has 0 saturated heterocycles. The van der Waals surface area contributed by atoms with Gasteiger partial charge in [-0.15, -0.1) is 11.3 Å². The average molecular weight is 349 g/mol. The molecular weight excluding hydrogens is 332 g/mol. The second-order valence-corrected chi connectivity index (χ2v) is 7.06. The summed E-state index contributed by atoms with van der Waals surface area (Å²) in [6.45, 7) is 2.95. The first-order valence-corrected chi connectivity index (χ1v) is 8.36. The van der Waals surface area contributed by atoms with Crippen LogP contribution in [-0.2, 0) is 13.0 Å². The van der Waals surface area contributed by atoms with Gasteiger partial charge in [-0.25, -0.2) is 0 Å². The summed E-state index contributed by atoms with van der Waals surface area (Å²) in [6.07, 6.45) is 3.08. The van der Waals surface area contributed by atoms with E-state index in [1.165, 1.54) is 25.8 Å². The molecule has 104 valence electrons. The van der Waals surface area contributed by atoms with Crippen molar-refractivity contribution < 1.29 is 0 Å². The number of thiophene rings is 1. The predicted octanol–water partition coefficient (Wildman–Crippen LogP) is 4.40. The molecule has 0 aliphatic carbocycles. The van der Waals surface area contributed by atoms with Gasteiger partial charge in [-0.05, 0) is 63.8 Å². The van der Waals surface area contributed by atoms with Gasteiger partial charge < -0.3 is 10.3 Å². The highest BCUT2D eigenvalue weighted by molar-refractivity contribution is 9.10. The quantitative estimate of drug-likeness (QED) is 0.743. The molecule has 2 heterocycles. The van der Waals surface area contributed by atoms with Crippen molar-refractivity contribution in [1.82, 2.24) is 4.57 Å². The number of hydrogen-bond acceptors (Lipinski definition) is 2. The molecule has 20 heavy (non-hydrogen) atoms. The Kier molecular flexibility index (Phi) is 3.96. The molecule has 0 spiro atoms. The summed E-state index contributed by atoms with van der Waals surface area (Å²) in [7, 11) is 0. The minimum atomic E-state index is 0.197. The summed E-state index contributed by atoms with van der Waals surface area (Å²) in [5.74, 6) is 0. The highest BCUT2D eigenvalue weighted by Gasteiger charge is 2.07. The van der Waals surface area contributed by atoms with Gasteiger partial charge in [0, 0.05) is 27.1 Å². The van der Waals surface area contributed by atoms with Crippen LogP contribution in [0, 0.1) is 0 Å². The van der Waals surface area contributed by atoms with Crippen LogP contribution in [0.2, 0.25) is 0 Å². The van der Waals surface area contributed by atoms with Crippen LogP contribution in [0.5, 0.6) is 0 Å². The first-order chi connectivity index (χ1) is 9.63. The SMILES string of the molecule is CC(N)Cc1ccc2ccn(Cc3sccc3Br)c2c1. The van der Waals surface area contributed by atoms with Gasteiger partial charge in [-0.3, -0.25) is 0 Å². The van der Waals surface area contributed by atoms with E-state index in [0.717, 1.165) is 13.0 Å². The van der Waals surface area contributed by atoms with Gasteiger partial charge in [-0.2, -0.15) is 0 Å². The Morgan fingerprint density at radius 2 is 2.15 bits per heavy atom. The van der Waals surface area contributed by atoms with Crippen molar-refractivity contribution in [2.45, 2.75) is 25.9 Å². The van der Waals surface area contributed by atoms with Gasteiger partial charge in [-0.1, -0.05) is 12.1 Å². The molecule has 0 aliphatic rings. The normalized spacial score (nSPS) is 12.9. The van der Waals surface area contributed by atoms with Crippen LogP contribution in [0.15, 0.2) is 46.4 Å². The molecule has 1 atom stereocenters. The van der Waals surface area contributed by atoms with Gasteiger partial charge >= 0.3 is 0 Å². The Morgan fingerprint density at radius 1 is 1.30 bits per heavy atom. The van der Waals surface area contributed by atoms with Gasteiger partial charge in [0.15, 0.2) is 0 Å². The Bertz CT molecular complexity index is 727. The van der Waals surface area contributed by atoms with Crippen molar-refractivity contribution >= 4 is 38.2 Å². The van der Waals surface area contributed by atoms with Crippen molar-refractivity contribution in [3.8, 4) is 0 Å². The third-order valence-electron chi connectivity index (χ3n) is 3.40. The first-order valence-electron chi connectivity index (χ1n) is 6.68. The zero-order valence-corrected chi connectivity index (χ0v) is 13.7. The highest BCUT2D eigenvalue weighted by Crippen LogP contribution is 2.26. The molecule has 0 amide bonds. The van der Waals surface area contributed by atoms with Crippen molar-refractivity contribution in [3.63, 3.8) is 0 Å². The first kappa shape index (κ1) is 13.9. The summed E-state index contributed by atoms with van der Waals surface area (Å²) in [4.78, 5) is 1.35. The standard InChI is InChI=1S/C16H17BrN2S/c1-11(18)8-12-2-3-13-4-6-19(15(13)9-12)10-16-14(17)5-7-20-16/h2-7,9,11H,8,10,18H2,1H3. The largest absolute Gasteiger partial charge is 0.342 e. The predicted molar refractivity (Wildman–Crippen MR) is 90.4 cm³/mol. The lowest BCUT2D eigenvalue weighted by Crippen LogP contribution is -2.17. The highest BCUT2D eigenvalue weighted by atomic mass is 79.9. The Morgan fingerprint density at radius 3 is 2.85 bits per heavy atom. The van der Waals surface area contributed by atoms with Crippen LogP contribution in [0.25, 0.3) is 10.9 Å². The summed E-state index contributed by atoms with van der Waals surface area (Å²) in [5, 5.41) is 3.40. The molecule has 0 radical (unpaired) electrons. The van der Waals surface area contributed by atoms with E-state index in [0.29, 0.717) is 0 Å². The van der Waals surface area contributed by atoms with Crippen molar-refractivity contribution in [2.24, 2.45) is 5.73 Å². The van der Waals surface area contributed by atoms with Gasteiger partial charge in [0.05, 0.1) is 6.54 Å². The van der Waals surface area contributed by atoms with Crippen molar-refractivity contribution in [1.29, 1.82) is 0 Å². The number of rotatable bonds is 4. The Balaban J connectivity index is 1.96. The van der Waals surface area contributed by atoms with E-state index in [2.05, 4.69) is 62.4 Å². The van der Waals surface area contributed by atoms with E-state index in [1.807, 2.05) is 6.92 Å². The average Bonchev–Trinajstić information content (AvgIpc) is 2.97. The second-order valence-electron chi connectivity index (χ2n) is 5.21. The lowest BCUT2D eigenvalue weighted by Gasteiger charge is -2.08. The van der Waals surface area contributed by atoms with Crippen LogP contribution >= 0.6 is 27.3 Å². The van der Waals surface area contributed by atoms with Gasteiger partial charge in [0.1, 0.15) is 0 Å². The topological polar surface area (TPSA) is 30.9 Å². The van der Waals surface area contributed by atoms with Crippen molar-refractivity contribution in [3.05, 3.63) is 56.8 Å². The smallest absolute Gasteiger partial charge is 0.0580 e. The number of hydrogen-bond donors (Lipinski definition) is 1. The summed E-state index contributed by atoms with van der Waals surface area (Å²) >= 11 is 5.39. The van der Waals surface area contributed by atoms with Crippen LogP contribution in [0.3, 0.4) is 0 Å². The maximum absolute atomic E-state index is 5.90. The van der Waals surface area contributed by atoms with E-state index >= 15 is 0 Å². The molecule has 4 heteroatoms. The third kappa shape index (κ3) is 2.82. The molecule has 0 aliphatic heterocycles. The fourth-order valence-corrected chi connectivity index (χ4v) is 3.93. The molecular formula is C16H17BrN2S. The fraction of sp³-hybridized carbons (Fsp3) is 0.250. The number of nitrogens with zero attached hydrogens (tertiary/aromatic N) is 1. The summed E-state index contributed by atoms with van der Waals surface area (Å²) in [6, 6.07) is 11.1. The van der Waals surface area contributed by atoms with E-state index in [-0.39, 0.29) is 6.04 Å². The zero-order chi connectivity index (χ0) is 14.1. The third-order valence-corrected chi connectivity index (χ3v) is 5.31. The van der Waals surface area contributed by atoms with E-state index in [9.17, 15) is 0 Å². The summed E-state index contributed by atoms with van der Waals surface area (Å²) in [5.41, 5.74) is 8.48. The lowest BCUT2D eigenvalue weighted by molar-refractivity contribution is 0.738. The molecule has 0 fully saturated rings. The maximum Gasteiger partial charge on any atom is 0.0580 e. The number of fused-ring (bicyclic) bond motifs is 1. The van der Waals surface area contributed by atoms with Gasteiger partial charge in [0.25, 0.3) is 0 Å². The fourth-order valence-electron chi connectivity index (χ4n) is 2.46. The second kappa shape index (κ2) is 5.72. The van der Waals surface area contributed by atoms with E-state index < -0.39 is 0 Å². The maximum atomic E-state index is 5.90. The molecule has 2 N–H and O–H groups in total. The van der Waals surface area contributed by atoms with Crippen LogP contribution in [-0.4, -0.2) is 10.6 Å². The molecule has 2 aromatic heterocycles. The summed E-state index contributed by atoms with van der Waals surface area (Å²) < 4.78 is 3.49.